The average Bonchev–Trinajstić information content (AvgIpc) is 3.26. The summed E-state index contributed by atoms with van der Waals surface area (Å²) in [4.78, 5) is 19.0. The highest BCUT2D eigenvalue weighted by atomic mass is 35.5. The smallest absolute Gasteiger partial charge is 0.249 e. The van der Waals surface area contributed by atoms with Gasteiger partial charge in [-0.15, -0.1) is 0 Å². The third-order valence-electron chi connectivity index (χ3n) is 5.67. The fourth-order valence-electron chi connectivity index (χ4n) is 3.49. The van der Waals surface area contributed by atoms with Crippen LogP contribution in [0.25, 0.3) is 0 Å². The number of sulfone groups is 1. The maximum Gasteiger partial charge on any atom is 0.249 e. The van der Waals surface area contributed by atoms with Crippen molar-refractivity contribution in [3.05, 3.63) is 63.1 Å². The fraction of sp³-hybridized carbons (Fsp3) is 0.417. The van der Waals surface area contributed by atoms with Gasteiger partial charge in [0.1, 0.15) is 17.8 Å². The van der Waals surface area contributed by atoms with Gasteiger partial charge in [0.25, 0.3) is 0 Å². The van der Waals surface area contributed by atoms with Crippen molar-refractivity contribution in [3.8, 4) is 0 Å². The molecule has 0 spiro atoms. The minimum atomic E-state index is -3.64. The number of nitrogens with zero attached hydrogens (tertiary/aromatic N) is 2. The molecule has 0 bridgehead atoms. The zero-order valence-electron chi connectivity index (χ0n) is 20.0. The molecule has 35 heavy (non-hydrogen) atoms. The maximum atomic E-state index is 12.5. The van der Waals surface area contributed by atoms with E-state index in [0.717, 1.165) is 30.1 Å². The number of halogens is 2. The molecular formula is C24H30Cl2N4O4S. The van der Waals surface area contributed by atoms with Crippen molar-refractivity contribution in [2.75, 3.05) is 39.2 Å². The van der Waals surface area contributed by atoms with Crippen LogP contribution in [0.15, 0.2) is 46.3 Å². The highest BCUT2D eigenvalue weighted by molar-refractivity contribution is 7.91. The van der Waals surface area contributed by atoms with E-state index in [1.54, 1.807) is 13.8 Å². The molecule has 0 saturated carbocycles. The van der Waals surface area contributed by atoms with E-state index in [1.165, 1.54) is 12.1 Å². The number of aliphatic imine (C=N–C) groups is 1. The first kappa shape index (κ1) is 27.4. The van der Waals surface area contributed by atoms with Gasteiger partial charge >= 0.3 is 0 Å². The Balaban J connectivity index is 1.38. The summed E-state index contributed by atoms with van der Waals surface area (Å²) in [5.74, 6) is 0.427. The van der Waals surface area contributed by atoms with Crippen LogP contribution in [-0.4, -0.2) is 70.3 Å². The molecule has 0 radical (unpaired) electrons. The minimum Gasteiger partial charge on any atom is -0.367 e. The quantitative estimate of drug-likeness (QED) is 0.425. The van der Waals surface area contributed by atoms with Crippen LogP contribution in [0.2, 0.25) is 10.0 Å². The van der Waals surface area contributed by atoms with Gasteiger partial charge in [0, 0.05) is 37.3 Å². The van der Waals surface area contributed by atoms with E-state index in [2.05, 4.69) is 20.5 Å². The van der Waals surface area contributed by atoms with Crippen LogP contribution in [0.3, 0.4) is 0 Å². The van der Waals surface area contributed by atoms with Crippen LogP contribution < -0.4 is 10.6 Å². The topological polar surface area (TPSA) is 100 Å². The molecule has 1 aliphatic rings. The molecule has 190 valence electrons. The van der Waals surface area contributed by atoms with Crippen molar-refractivity contribution in [1.82, 2.24) is 15.5 Å². The normalized spacial score (nSPS) is 14.7. The van der Waals surface area contributed by atoms with Crippen LogP contribution in [0.5, 0.6) is 0 Å². The molecule has 0 fully saturated rings. The van der Waals surface area contributed by atoms with Gasteiger partial charge in [0.2, 0.25) is 5.91 Å². The second-order valence-corrected chi connectivity index (χ2v) is 11.0. The molecule has 11 heteroatoms. The number of benzene rings is 2. The number of amides is 1. The van der Waals surface area contributed by atoms with Crippen LogP contribution >= 0.6 is 23.2 Å². The third kappa shape index (κ3) is 7.17. The lowest BCUT2D eigenvalue weighted by molar-refractivity contribution is -0.131. The summed E-state index contributed by atoms with van der Waals surface area (Å²) >= 11 is 12.1. The predicted molar refractivity (Wildman–Crippen MR) is 139 cm³/mol. The fourth-order valence-corrected chi connectivity index (χ4v) is 5.49. The summed E-state index contributed by atoms with van der Waals surface area (Å²) in [5, 5.41) is 6.20. The van der Waals surface area contributed by atoms with Gasteiger partial charge in [-0.05, 0) is 37.1 Å². The molecule has 2 N–H and O–H groups in total. The Labute approximate surface area is 216 Å². The number of ether oxygens (including phenoxy) is 1. The number of nitrogens with one attached hydrogen (secondary N) is 2. The van der Waals surface area contributed by atoms with Gasteiger partial charge in [-0.25, -0.2) is 8.42 Å². The second kappa shape index (κ2) is 12.2. The maximum absolute atomic E-state index is 12.5. The Hall–Kier alpha value is -2.17. The molecule has 1 amide bonds. The first-order valence-electron chi connectivity index (χ1n) is 11.2. The molecule has 3 rings (SSSR count). The highest BCUT2D eigenvalue weighted by Gasteiger charge is 2.20. The van der Waals surface area contributed by atoms with Gasteiger partial charge < -0.3 is 20.3 Å². The van der Waals surface area contributed by atoms with E-state index in [4.69, 9.17) is 27.9 Å². The Morgan fingerprint density at radius 2 is 1.91 bits per heavy atom. The van der Waals surface area contributed by atoms with Gasteiger partial charge in [-0.3, -0.25) is 9.79 Å². The number of carbonyl (C=O) groups excluding carboxylic acids is 1. The van der Waals surface area contributed by atoms with E-state index >= 15 is 0 Å². The van der Waals surface area contributed by atoms with Crippen molar-refractivity contribution >= 4 is 44.8 Å². The van der Waals surface area contributed by atoms with E-state index < -0.39 is 15.9 Å². The summed E-state index contributed by atoms with van der Waals surface area (Å²) in [6.07, 6.45) is -0.678. The van der Waals surface area contributed by atoms with Crippen LogP contribution in [0.4, 0.5) is 0 Å². The van der Waals surface area contributed by atoms with Crippen molar-refractivity contribution in [2.24, 2.45) is 4.99 Å². The van der Waals surface area contributed by atoms with Crippen LogP contribution in [-0.2, 0) is 25.9 Å². The van der Waals surface area contributed by atoms with Crippen LogP contribution in [0, 0.1) is 6.92 Å². The molecule has 1 atom stereocenters. The number of rotatable bonds is 11. The van der Waals surface area contributed by atoms with E-state index in [0.29, 0.717) is 17.1 Å². The summed E-state index contributed by atoms with van der Waals surface area (Å²) < 4.78 is 30.6. The Morgan fingerprint density at radius 3 is 2.57 bits per heavy atom. The molecule has 0 aliphatic carbocycles. The van der Waals surface area contributed by atoms with Crippen molar-refractivity contribution in [3.63, 3.8) is 0 Å². The molecule has 8 nitrogen and oxygen atoms in total. The highest BCUT2D eigenvalue weighted by Crippen LogP contribution is 2.30. The Bertz CT molecular complexity index is 1190. The monoisotopic (exact) mass is 540 g/mol. The molecule has 1 heterocycles. The molecular weight excluding hydrogens is 511 g/mol. The number of amidine groups is 1. The van der Waals surface area contributed by atoms with Crippen molar-refractivity contribution in [2.45, 2.75) is 31.4 Å². The summed E-state index contributed by atoms with van der Waals surface area (Å²) in [6.45, 7) is 5.85. The first-order chi connectivity index (χ1) is 16.6. The lowest BCUT2D eigenvalue weighted by Crippen LogP contribution is -2.36. The third-order valence-corrected chi connectivity index (χ3v) is 8.27. The lowest BCUT2D eigenvalue weighted by atomic mass is 10.1. The molecule has 2 aromatic rings. The predicted octanol–water partition coefficient (Wildman–Crippen LogP) is 3.04. The second-order valence-electron chi connectivity index (χ2n) is 8.30. The Morgan fingerprint density at radius 1 is 1.20 bits per heavy atom. The standard InChI is InChI=1S/C24H30Cl2N4O4S/c1-16-20(25)8-9-21(22(16)26)35(32,33)15-27-11-13-34-17(2)24(31)29-14-18-4-6-19(7-5-18)23-28-10-12-30(23)3/h4-9,17,27H,10-15H2,1-3H3,(H,29,31). The van der Waals surface area contributed by atoms with Gasteiger partial charge in [-0.2, -0.15) is 0 Å². The zero-order chi connectivity index (χ0) is 25.6. The van der Waals surface area contributed by atoms with Crippen LogP contribution in [0.1, 0.15) is 23.6 Å². The largest absolute Gasteiger partial charge is 0.367 e. The average molecular weight is 542 g/mol. The number of likely N-dealkylation sites (N-methyl/N-ethyl adjacent to an activating group) is 1. The molecule has 2 aromatic carbocycles. The molecule has 0 saturated heterocycles. The zero-order valence-corrected chi connectivity index (χ0v) is 22.3. The molecule has 1 unspecified atom stereocenters. The SMILES string of the molecule is Cc1c(Cl)ccc(S(=O)(=O)CNCCOC(C)C(=O)NCc2ccc(C3=NCCN3C)cc2)c1Cl. The minimum absolute atomic E-state index is 0.0264. The summed E-state index contributed by atoms with van der Waals surface area (Å²) in [5.41, 5.74) is 2.54. The number of hydrogen-bond acceptors (Lipinski definition) is 7. The number of hydrogen-bond donors (Lipinski definition) is 2. The van der Waals surface area contributed by atoms with Gasteiger partial charge in [0.05, 0.1) is 23.1 Å². The number of carbonyl (C=O) groups is 1. The Kier molecular flexibility index (Phi) is 9.54. The molecule has 0 aromatic heterocycles. The summed E-state index contributed by atoms with van der Waals surface area (Å²) in [6, 6.07) is 10.8. The van der Waals surface area contributed by atoms with Gasteiger partial charge in [0.15, 0.2) is 9.84 Å². The van der Waals surface area contributed by atoms with Crippen molar-refractivity contribution in [1.29, 1.82) is 0 Å². The van der Waals surface area contributed by atoms with E-state index in [-0.39, 0.29) is 34.9 Å². The lowest BCUT2D eigenvalue weighted by Gasteiger charge is -2.15. The van der Waals surface area contributed by atoms with E-state index in [1.807, 2.05) is 31.3 Å². The van der Waals surface area contributed by atoms with E-state index in [9.17, 15) is 13.2 Å². The van der Waals surface area contributed by atoms with Crippen molar-refractivity contribution < 1.29 is 17.9 Å². The van der Waals surface area contributed by atoms with Gasteiger partial charge in [-0.1, -0.05) is 47.5 Å². The molecule has 1 aliphatic heterocycles. The summed E-state index contributed by atoms with van der Waals surface area (Å²) in [7, 11) is -1.63. The first-order valence-corrected chi connectivity index (χ1v) is 13.6.